The van der Waals surface area contributed by atoms with Crippen LogP contribution in [0.2, 0.25) is 0 Å². The Kier molecular flexibility index (Phi) is 51.0. The van der Waals surface area contributed by atoms with Gasteiger partial charge in [0, 0.05) is 19.3 Å². The lowest BCUT2D eigenvalue weighted by Gasteiger charge is -2.18. The summed E-state index contributed by atoms with van der Waals surface area (Å²) in [6, 6.07) is 0. The molecule has 0 fully saturated rings. The van der Waals surface area contributed by atoms with Crippen LogP contribution in [-0.2, 0) is 28.6 Å². The molecule has 0 saturated carbocycles. The normalized spacial score (nSPS) is 13.1. The molecule has 0 aliphatic carbocycles. The van der Waals surface area contributed by atoms with E-state index in [0.29, 0.717) is 19.3 Å². The second-order valence-electron chi connectivity index (χ2n) is 17.4. The van der Waals surface area contributed by atoms with Crippen LogP contribution >= 0.6 is 0 Å². The summed E-state index contributed by atoms with van der Waals surface area (Å²) in [6.07, 6.45) is 74.8. The summed E-state index contributed by atoms with van der Waals surface area (Å²) in [7, 11) is 0. The smallest absolute Gasteiger partial charge is 0.306 e. The first-order valence-corrected chi connectivity index (χ1v) is 27.0. The van der Waals surface area contributed by atoms with Gasteiger partial charge < -0.3 is 14.2 Å². The lowest BCUT2D eigenvalue weighted by molar-refractivity contribution is -0.166. The van der Waals surface area contributed by atoms with Gasteiger partial charge in [0.25, 0.3) is 0 Å². The van der Waals surface area contributed by atoms with Crippen LogP contribution in [0.15, 0.2) is 122 Å². The van der Waals surface area contributed by atoms with Crippen molar-refractivity contribution in [1.29, 1.82) is 0 Å². The summed E-state index contributed by atoms with van der Waals surface area (Å²) in [5.74, 6) is -1.07. The standard InChI is InChI=1S/C61H98O6/c1-4-7-10-13-16-19-22-25-27-29-30-32-33-36-39-42-45-48-51-54-60(63)66-57-58(56-65-59(62)53-50-47-44-41-38-35-24-21-18-15-12-9-6-3)67-61(64)55-52-49-46-43-40-37-34-31-28-26-23-20-17-14-11-8-5-2/h7,10,16-17,19-20,25-28,30,32,34,36-37,39,43,45-46,48,58H,4-6,8-9,11-15,18,21-24,29,31,33,35,38,40-42,44,47,49-57H2,1-3H3/b10-7-,19-16-,20-17-,27-25-,28-26-,32-30-,37-34-,39-36-,46-43-,48-45-/t58-/m0/s1. The fourth-order valence-corrected chi connectivity index (χ4v) is 6.93. The van der Waals surface area contributed by atoms with Crippen molar-refractivity contribution in [1.82, 2.24) is 0 Å². The Balaban J connectivity index is 4.60. The largest absolute Gasteiger partial charge is 0.462 e. The molecule has 0 aliphatic rings. The van der Waals surface area contributed by atoms with Crippen molar-refractivity contribution in [3.8, 4) is 0 Å². The van der Waals surface area contributed by atoms with Crippen LogP contribution in [0.3, 0.4) is 0 Å². The molecule has 0 spiro atoms. The molecule has 0 aromatic rings. The maximum absolute atomic E-state index is 12.8. The van der Waals surface area contributed by atoms with E-state index in [4.69, 9.17) is 14.2 Å². The van der Waals surface area contributed by atoms with Crippen LogP contribution < -0.4 is 0 Å². The Hall–Kier alpha value is -4.19. The van der Waals surface area contributed by atoms with Crippen LogP contribution in [0.25, 0.3) is 0 Å². The average molecular weight is 927 g/mol. The summed E-state index contributed by atoms with van der Waals surface area (Å²) in [4.78, 5) is 38.0. The summed E-state index contributed by atoms with van der Waals surface area (Å²) in [5, 5.41) is 0. The van der Waals surface area contributed by atoms with E-state index < -0.39 is 6.10 Å². The number of hydrogen-bond donors (Lipinski definition) is 0. The molecule has 0 radical (unpaired) electrons. The molecule has 0 aromatic heterocycles. The molecule has 0 saturated heterocycles. The number of esters is 3. The van der Waals surface area contributed by atoms with Crippen LogP contribution in [0, 0.1) is 0 Å². The minimum Gasteiger partial charge on any atom is -0.462 e. The number of rotatable bonds is 47. The second-order valence-corrected chi connectivity index (χ2v) is 17.4. The second kappa shape index (κ2) is 54.4. The van der Waals surface area contributed by atoms with E-state index in [-0.39, 0.29) is 44.0 Å². The molecule has 0 unspecified atom stereocenters. The SMILES string of the molecule is CC/C=C\C/C=C\C/C=C\C/C=C\C/C=C\C/C=C\CCC(=O)OC[C@H](COC(=O)CCCCCCCCCCCCCCC)OC(=O)CCC/C=C\C/C=C\C/C=C\C/C=C\CCCCC. The Labute approximate surface area is 412 Å². The van der Waals surface area contributed by atoms with Crippen molar-refractivity contribution in [2.75, 3.05) is 13.2 Å². The van der Waals surface area contributed by atoms with E-state index in [1.165, 1.54) is 89.9 Å². The fraction of sp³-hybridized carbons (Fsp3) is 0.623. The van der Waals surface area contributed by atoms with Crippen LogP contribution in [0.1, 0.15) is 226 Å². The third-order valence-corrected chi connectivity index (χ3v) is 11.0. The number of hydrogen-bond acceptors (Lipinski definition) is 6. The van der Waals surface area contributed by atoms with E-state index in [9.17, 15) is 14.4 Å². The van der Waals surface area contributed by atoms with E-state index in [2.05, 4.69) is 130 Å². The van der Waals surface area contributed by atoms with Crippen molar-refractivity contribution >= 4 is 17.9 Å². The Morgan fingerprint density at radius 3 is 1.04 bits per heavy atom. The summed E-state index contributed by atoms with van der Waals surface area (Å²) in [6.45, 7) is 6.37. The minimum absolute atomic E-state index is 0.124. The van der Waals surface area contributed by atoms with Gasteiger partial charge in [-0.15, -0.1) is 0 Å². The van der Waals surface area contributed by atoms with E-state index >= 15 is 0 Å². The molecule has 0 bridgehead atoms. The summed E-state index contributed by atoms with van der Waals surface area (Å²) < 4.78 is 16.7. The van der Waals surface area contributed by atoms with Gasteiger partial charge in [0.05, 0.1) is 0 Å². The minimum atomic E-state index is -0.838. The molecule has 6 heteroatoms. The molecule has 378 valence electrons. The van der Waals surface area contributed by atoms with E-state index in [1.54, 1.807) is 0 Å². The maximum Gasteiger partial charge on any atom is 0.306 e. The Morgan fingerprint density at radius 1 is 0.313 bits per heavy atom. The monoisotopic (exact) mass is 927 g/mol. The van der Waals surface area contributed by atoms with Crippen molar-refractivity contribution in [2.45, 2.75) is 232 Å². The molecule has 0 aliphatic heterocycles. The van der Waals surface area contributed by atoms with Crippen LogP contribution in [-0.4, -0.2) is 37.2 Å². The van der Waals surface area contributed by atoms with Gasteiger partial charge in [0.2, 0.25) is 0 Å². The molecule has 0 heterocycles. The average Bonchev–Trinajstić information content (AvgIpc) is 3.33. The molecule has 1 atom stereocenters. The molecule has 0 amide bonds. The number of carbonyl (C=O) groups is 3. The van der Waals surface area contributed by atoms with Crippen LogP contribution in [0.4, 0.5) is 0 Å². The van der Waals surface area contributed by atoms with Crippen LogP contribution in [0.5, 0.6) is 0 Å². The fourth-order valence-electron chi connectivity index (χ4n) is 6.93. The molecule has 6 nitrogen and oxygen atoms in total. The number of ether oxygens (including phenoxy) is 3. The van der Waals surface area contributed by atoms with Crippen molar-refractivity contribution < 1.29 is 28.6 Å². The Bertz CT molecular complexity index is 1440. The van der Waals surface area contributed by atoms with Gasteiger partial charge >= 0.3 is 17.9 Å². The number of carbonyl (C=O) groups excluding carboxylic acids is 3. The first-order valence-electron chi connectivity index (χ1n) is 27.0. The Morgan fingerprint density at radius 2 is 0.627 bits per heavy atom. The third-order valence-electron chi connectivity index (χ3n) is 11.0. The highest BCUT2D eigenvalue weighted by molar-refractivity contribution is 5.71. The number of unbranched alkanes of at least 4 members (excludes halogenated alkanes) is 16. The number of allylic oxidation sites excluding steroid dienone is 20. The maximum atomic E-state index is 12.8. The predicted molar refractivity (Wildman–Crippen MR) is 288 cm³/mol. The third kappa shape index (κ3) is 52.6. The zero-order valence-electron chi connectivity index (χ0n) is 43.1. The van der Waals surface area contributed by atoms with Gasteiger partial charge in [0.15, 0.2) is 6.10 Å². The molecule has 0 aromatic carbocycles. The molecule has 0 rings (SSSR count). The highest BCUT2D eigenvalue weighted by Gasteiger charge is 2.19. The quantitative estimate of drug-likeness (QED) is 0.0262. The van der Waals surface area contributed by atoms with Gasteiger partial charge in [-0.05, 0) is 96.3 Å². The highest BCUT2D eigenvalue weighted by Crippen LogP contribution is 2.14. The zero-order valence-corrected chi connectivity index (χ0v) is 43.1. The summed E-state index contributed by atoms with van der Waals surface area (Å²) >= 11 is 0. The predicted octanol–water partition coefficient (Wildman–Crippen LogP) is 18.1. The molecular formula is C61H98O6. The van der Waals surface area contributed by atoms with E-state index in [0.717, 1.165) is 83.5 Å². The van der Waals surface area contributed by atoms with Crippen molar-refractivity contribution in [2.24, 2.45) is 0 Å². The van der Waals surface area contributed by atoms with Gasteiger partial charge in [-0.1, -0.05) is 232 Å². The van der Waals surface area contributed by atoms with Gasteiger partial charge in [0.1, 0.15) is 13.2 Å². The lowest BCUT2D eigenvalue weighted by atomic mass is 10.0. The van der Waals surface area contributed by atoms with E-state index in [1.807, 2.05) is 12.2 Å². The first-order chi connectivity index (χ1) is 33.0. The highest BCUT2D eigenvalue weighted by atomic mass is 16.6. The molecule has 0 N–H and O–H groups in total. The van der Waals surface area contributed by atoms with Crippen molar-refractivity contribution in [3.63, 3.8) is 0 Å². The lowest BCUT2D eigenvalue weighted by Crippen LogP contribution is -2.30. The van der Waals surface area contributed by atoms with Gasteiger partial charge in [-0.25, -0.2) is 0 Å². The van der Waals surface area contributed by atoms with Gasteiger partial charge in [-0.2, -0.15) is 0 Å². The zero-order chi connectivity index (χ0) is 48.6. The molecular weight excluding hydrogens is 829 g/mol. The topological polar surface area (TPSA) is 78.9 Å². The van der Waals surface area contributed by atoms with Crippen molar-refractivity contribution in [3.05, 3.63) is 122 Å². The summed E-state index contributed by atoms with van der Waals surface area (Å²) in [5.41, 5.74) is 0. The molecule has 67 heavy (non-hydrogen) atoms. The van der Waals surface area contributed by atoms with Gasteiger partial charge in [-0.3, -0.25) is 14.4 Å². The first kappa shape index (κ1) is 62.8.